The molecule has 1 aliphatic heterocycles. The van der Waals surface area contributed by atoms with Crippen molar-refractivity contribution in [3.05, 3.63) is 84.0 Å². The van der Waals surface area contributed by atoms with Gasteiger partial charge in [0.1, 0.15) is 17.2 Å². The molecule has 208 valence electrons. The van der Waals surface area contributed by atoms with Crippen molar-refractivity contribution in [1.29, 1.82) is 0 Å². The zero-order chi connectivity index (χ0) is 28.4. The van der Waals surface area contributed by atoms with Gasteiger partial charge in [-0.3, -0.25) is 5.10 Å². The van der Waals surface area contributed by atoms with Crippen molar-refractivity contribution < 1.29 is 4.39 Å². The minimum absolute atomic E-state index is 0.309. The SMILES string of the molecule is C=C/C=C(\c1nc(-c2n[nH]c3cc(F)c(C(/C=C(\C=C)CNCC)=C/C)cc23)[nH]c1C)N1CCCCC1.CC. The monoisotopic (exact) mass is 530 g/mol. The number of imidazole rings is 1. The molecular weight excluding hydrogens is 487 g/mol. The van der Waals surface area contributed by atoms with Gasteiger partial charge in [-0.25, -0.2) is 9.37 Å². The number of hydrogen-bond acceptors (Lipinski definition) is 4. The number of halogens is 1. The summed E-state index contributed by atoms with van der Waals surface area (Å²) in [7, 11) is 0. The maximum absolute atomic E-state index is 15.2. The molecule has 0 atom stereocenters. The van der Waals surface area contributed by atoms with Crippen LogP contribution in [0.1, 0.15) is 63.9 Å². The molecule has 3 aromatic rings. The fraction of sp³-hybridized carbons (Fsp3) is 0.375. The Morgan fingerprint density at radius 3 is 2.56 bits per heavy atom. The van der Waals surface area contributed by atoms with Gasteiger partial charge in [-0.2, -0.15) is 5.10 Å². The van der Waals surface area contributed by atoms with Crippen molar-refractivity contribution in [3.8, 4) is 11.5 Å². The van der Waals surface area contributed by atoms with Crippen LogP contribution in [0.25, 0.3) is 33.7 Å². The Morgan fingerprint density at radius 2 is 1.92 bits per heavy atom. The molecule has 0 saturated carbocycles. The van der Waals surface area contributed by atoms with Crippen LogP contribution in [-0.4, -0.2) is 51.2 Å². The summed E-state index contributed by atoms with van der Waals surface area (Å²) in [6.45, 7) is 21.4. The summed E-state index contributed by atoms with van der Waals surface area (Å²) < 4.78 is 15.2. The summed E-state index contributed by atoms with van der Waals surface area (Å²) in [6, 6.07) is 3.36. The summed E-state index contributed by atoms with van der Waals surface area (Å²) in [6.07, 6.45) is 13.1. The number of H-pyrrole nitrogens is 2. The van der Waals surface area contributed by atoms with Gasteiger partial charge < -0.3 is 15.2 Å². The molecule has 0 bridgehead atoms. The number of allylic oxidation sites excluding steroid dienone is 5. The van der Waals surface area contributed by atoms with Crippen LogP contribution in [0, 0.1) is 12.7 Å². The molecule has 0 amide bonds. The van der Waals surface area contributed by atoms with Gasteiger partial charge in [-0.05, 0) is 62.9 Å². The van der Waals surface area contributed by atoms with Crippen LogP contribution < -0.4 is 5.32 Å². The van der Waals surface area contributed by atoms with Crippen molar-refractivity contribution >= 4 is 22.2 Å². The molecule has 0 aliphatic carbocycles. The Balaban J connectivity index is 0.00000205. The molecule has 0 radical (unpaired) electrons. The molecule has 1 saturated heterocycles. The second-order valence-electron chi connectivity index (χ2n) is 9.29. The molecule has 2 aromatic heterocycles. The second-order valence-corrected chi connectivity index (χ2v) is 9.29. The average Bonchev–Trinajstić information content (AvgIpc) is 3.55. The van der Waals surface area contributed by atoms with Gasteiger partial charge in [0.15, 0.2) is 5.82 Å². The molecule has 1 aromatic carbocycles. The third-order valence-electron chi connectivity index (χ3n) is 6.78. The van der Waals surface area contributed by atoms with Crippen LogP contribution in [0.5, 0.6) is 0 Å². The Labute approximate surface area is 232 Å². The van der Waals surface area contributed by atoms with E-state index in [0.29, 0.717) is 29.1 Å². The van der Waals surface area contributed by atoms with Crippen LogP contribution in [0.2, 0.25) is 0 Å². The van der Waals surface area contributed by atoms with Gasteiger partial charge >= 0.3 is 0 Å². The van der Waals surface area contributed by atoms with Crippen LogP contribution in [0.15, 0.2) is 61.2 Å². The molecule has 4 rings (SSSR count). The molecule has 1 fully saturated rings. The Morgan fingerprint density at radius 1 is 1.18 bits per heavy atom. The van der Waals surface area contributed by atoms with Crippen LogP contribution >= 0.6 is 0 Å². The first-order chi connectivity index (χ1) is 19.0. The molecule has 0 spiro atoms. The summed E-state index contributed by atoms with van der Waals surface area (Å²) >= 11 is 0. The van der Waals surface area contributed by atoms with Gasteiger partial charge in [-0.1, -0.05) is 58.2 Å². The van der Waals surface area contributed by atoms with E-state index in [1.807, 2.05) is 58.1 Å². The van der Waals surface area contributed by atoms with E-state index in [0.717, 1.165) is 53.3 Å². The molecule has 7 heteroatoms. The Kier molecular flexibility index (Phi) is 11.1. The minimum atomic E-state index is -0.309. The molecule has 3 heterocycles. The number of aromatic nitrogens is 4. The van der Waals surface area contributed by atoms with Crippen molar-refractivity contribution in [2.24, 2.45) is 0 Å². The lowest BCUT2D eigenvalue weighted by atomic mass is 9.99. The van der Waals surface area contributed by atoms with E-state index >= 15 is 4.39 Å². The van der Waals surface area contributed by atoms with E-state index in [9.17, 15) is 0 Å². The van der Waals surface area contributed by atoms with E-state index in [2.05, 4.69) is 45.5 Å². The number of likely N-dealkylation sites (N-methyl/N-ethyl adjacent to an activating group) is 1. The van der Waals surface area contributed by atoms with E-state index in [-0.39, 0.29) is 5.82 Å². The predicted molar refractivity (Wildman–Crippen MR) is 164 cm³/mol. The highest BCUT2D eigenvalue weighted by Crippen LogP contribution is 2.33. The summed E-state index contributed by atoms with van der Waals surface area (Å²) in [5, 5.41) is 11.6. The first kappa shape index (κ1) is 29.8. The zero-order valence-corrected chi connectivity index (χ0v) is 24.1. The molecule has 1 aliphatic rings. The molecule has 0 unspecified atom stereocenters. The van der Waals surface area contributed by atoms with Gasteiger partial charge in [0.2, 0.25) is 0 Å². The number of aryl methyl sites for hydroxylation is 1. The topological polar surface area (TPSA) is 72.6 Å². The van der Waals surface area contributed by atoms with Crippen molar-refractivity contribution in [1.82, 2.24) is 30.4 Å². The summed E-state index contributed by atoms with van der Waals surface area (Å²) in [5.41, 5.74) is 6.51. The van der Waals surface area contributed by atoms with Crippen LogP contribution in [-0.2, 0) is 0 Å². The maximum atomic E-state index is 15.2. The van der Waals surface area contributed by atoms with Gasteiger partial charge in [-0.15, -0.1) is 0 Å². The summed E-state index contributed by atoms with van der Waals surface area (Å²) in [4.78, 5) is 10.8. The molecule has 6 nitrogen and oxygen atoms in total. The highest BCUT2D eigenvalue weighted by Gasteiger charge is 2.22. The smallest absolute Gasteiger partial charge is 0.159 e. The van der Waals surface area contributed by atoms with Crippen LogP contribution in [0.4, 0.5) is 4.39 Å². The largest absolute Gasteiger partial charge is 0.370 e. The molecular formula is C32H43FN6. The minimum Gasteiger partial charge on any atom is -0.370 e. The lowest BCUT2D eigenvalue weighted by Gasteiger charge is -2.30. The van der Waals surface area contributed by atoms with Crippen molar-refractivity contribution in [2.75, 3.05) is 26.2 Å². The van der Waals surface area contributed by atoms with Gasteiger partial charge in [0.05, 0.1) is 11.2 Å². The van der Waals surface area contributed by atoms with Crippen molar-refractivity contribution in [3.63, 3.8) is 0 Å². The Hall–Kier alpha value is -3.71. The number of hydrogen-bond donors (Lipinski definition) is 3. The number of fused-ring (bicyclic) bond motifs is 1. The highest BCUT2D eigenvalue weighted by atomic mass is 19.1. The second kappa shape index (κ2) is 14.4. The third-order valence-corrected chi connectivity index (χ3v) is 6.78. The predicted octanol–water partition coefficient (Wildman–Crippen LogP) is 7.56. The standard InChI is InChI=1S/C30H37FN6.C2H6/c1-6-13-27(37-14-11-10-12-15-37)28-20(5)33-30(34-28)29-24-17-23(25(31)18-26(24)35-36-29)22(8-3)16-21(7-2)19-32-9-4;1-2/h6-8,13,16-18,32H,1-2,9-12,14-15,19H2,3-5H3,(H,33,34)(H,35,36);1-2H3/b21-16+,22-8+,27-13+;. The van der Waals surface area contributed by atoms with E-state index in [1.165, 1.54) is 25.3 Å². The normalized spacial score (nSPS) is 14.8. The number of rotatable bonds is 10. The molecule has 3 N–H and O–H groups in total. The third kappa shape index (κ3) is 6.84. The summed E-state index contributed by atoms with van der Waals surface area (Å²) in [5.74, 6) is 0.344. The number of piperidine rings is 1. The fourth-order valence-corrected chi connectivity index (χ4v) is 4.81. The number of aromatic amines is 2. The fourth-order valence-electron chi connectivity index (χ4n) is 4.81. The van der Waals surface area contributed by atoms with E-state index in [1.54, 1.807) is 6.08 Å². The number of benzene rings is 1. The Bertz CT molecular complexity index is 1360. The number of likely N-dealkylation sites (tertiary alicyclic amines) is 1. The lowest BCUT2D eigenvalue weighted by Crippen LogP contribution is -2.28. The van der Waals surface area contributed by atoms with E-state index in [4.69, 9.17) is 4.98 Å². The van der Waals surface area contributed by atoms with Crippen molar-refractivity contribution in [2.45, 2.75) is 53.9 Å². The van der Waals surface area contributed by atoms with Gasteiger partial charge in [0, 0.05) is 42.3 Å². The van der Waals surface area contributed by atoms with Crippen LogP contribution in [0.3, 0.4) is 0 Å². The first-order valence-electron chi connectivity index (χ1n) is 14.0. The molecule has 39 heavy (non-hydrogen) atoms. The quantitative estimate of drug-likeness (QED) is 0.236. The maximum Gasteiger partial charge on any atom is 0.159 e. The lowest BCUT2D eigenvalue weighted by molar-refractivity contribution is 0.325. The average molecular weight is 531 g/mol. The van der Waals surface area contributed by atoms with Gasteiger partial charge in [0.25, 0.3) is 0 Å². The highest BCUT2D eigenvalue weighted by molar-refractivity contribution is 5.94. The number of nitrogens with one attached hydrogen (secondary N) is 3. The first-order valence-corrected chi connectivity index (χ1v) is 14.0. The van der Waals surface area contributed by atoms with E-state index < -0.39 is 0 Å². The zero-order valence-electron chi connectivity index (χ0n) is 24.1. The number of nitrogens with zero attached hydrogens (tertiary/aromatic N) is 3.